The maximum absolute atomic E-state index is 11.7. The Balaban J connectivity index is 2.19. The van der Waals surface area contributed by atoms with Crippen LogP contribution >= 0.6 is 35.2 Å². The first-order valence-electron chi connectivity index (χ1n) is 7.51. The fraction of sp³-hybridized carbons (Fsp3) is 0.412. The molecule has 1 atom stereocenters. The summed E-state index contributed by atoms with van der Waals surface area (Å²) in [4.78, 5) is 12.1. The number of benzene rings is 1. The molecule has 0 aliphatic carbocycles. The fourth-order valence-electron chi connectivity index (χ4n) is 1.95. The van der Waals surface area contributed by atoms with Crippen LogP contribution in [0.15, 0.2) is 18.2 Å². The normalized spacial score (nSPS) is 12.8. The van der Waals surface area contributed by atoms with Crippen molar-refractivity contribution in [2.24, 2.45) is 5.41 Å². The number of anilines is 1. The molecule has 1 unspecified atom stereocenters. The summed E-state index contributed by atoms with van der Waals surface area (Å²) in [6.45, 7) is 8.56. The number of ether oxygens (including phenoxy) is 1. The monoisotopic (exact) mass is 384 g/mol. The van der Waals surface area contributed by atoms with E-state index in [2.05, 4.69) is 38.3 Å². The van der Waals surface area contributed by atoms with Crippen molar-refractivity contribution in [3.63, 3.8) is 0 Å². The Labute approximate surface area is 156 Å². The Kier molecular flexibility index (Phi) is 5.73. The SMILES string of the molecule is COC(=O)c1sc2cc(NC(=S)NC(C)C(C)(C)C)ccc2c1Cl. The number of carbonyl (C=O) groups is 1. The number of fused-ring (bicyclic) bond motifs is 1. The molecule has 2 rings (SSSR count). The van der Waals surface area contributed by atoms with Crippen molar-refractivity contribution in [1.82, 2.24) is 5.32 Å². The zero-order valence-electron chi connectivity index (χ0n) is 14.3. The maximum atomic E-state index is 11.7. The Morgan fingerprint density at radius 2 is 2.04 bits per heavy atom. The van der Waals surface area contributed by atoms with Gasteiger partial charge in [0.25, 0.3) is 0 Å². The predicted octanol–water partition coefficient (Wildman–Crippen LogP) is 5.06. The topological polar surface area (TPSA) is 50.4 Å². The summed E-state index contributed by atoms with van der Waals surface area (Å²) >= 11 is 12.9. The number of carbonyl (C=O) groups excluding carboxylic acids is 1. The minimum Gasteiger partial charge on any atom is -0.465 e. The molecule has 0 saturated heterocycles. The lowest BCUT2D eigenvalue weighted by atomic mass is 9.88. The molecule has 130 valence electrons. The van der Waals surface area contributed by atoms with Crippen LogP contribution in [0.5, 0.6) is 0 Å². The van der Waals surface area contributed by atoms with Crippen LogP contribution in [0.3, 0.4) is 0 Å². The molecular weight excluding hydrogens is 364 g/mol. The van der Waals surface area contributed by atoms with Gasteiger partial charge in [0.05, 0.1) is 12.1 Å². The van der Waals surface area contributed by atoms with Crippen LogP contribution in [0.2, 0.25) is 5.02 Å². The molecule has 2 N–H and O–H groups in total. The van der Waals surface area contributed by atoms with Crippen molar-refractivity contribution >= 4 is 62.0 Å². The van der Waals surface area contributed by atoms with Crippen molar-refractivity contribution in [3.8, 4) is 0 Å². The van der Waals surface area contributed by atoms with Gasteiger partial charge < -0.3 is 15.4 Å². The van der Waals surface area contributed by atoms with Gasteiger partial charge in [0.1, 0.15) is 4.88 Å². The average Bonchev–Trinajstić information content (AvgIpc) is 2.82. The second-order valence-corrected chi connectivity index (χ2v) is 8.47. The molecule has 7 heteroatoms. The highest BCUT2D eigenvalue weighted by Gasteiger charge is 2.21. The van der Waals surface area contributed by atoms with Crippen LogP contribution in [0.1, 0.15) is 37.4 Å². The van der Waals surface area contributed by atoms with Gasteiger partial charge in [0.15, 0.2) is 5.11 Å². The van der Waals surface area contributed by atoms with E-state index in [1.807, 2.05) is 18.2 Å². The zero-order chi connectivity index (χ0) is 18.1. The number of methoxy groups -OCH3 is 1. The van der Waals surface area contributed by atoms with Gasteiger partial charge in [-0.1, -0.05) is 32.4 Å². The summed E-state index contributed by atoms with van der Waals surface area (Å²) in [5.74, 6) is -0.424. The Hall–Kier alpha value is -1.37. The number of hydrogen-bond acceptors (Lipinski definition) is 4. The Bertz CT molecular complexity index is 781. The van der Waals surface area contributed by atoms with Gasteiger partial charge in [-0.25, -0.2) is 4.79 Å². The molecule has 0 amide bonds. The van der Waals surface area contributed by atoms with Crippen LogP contribution in [-0.4, -0.2) is 24.2 Å². The van der Waals surface area contributed by atoms with Crippen molar-refractivity contribution < 1.29 is 9.53 Å². The summed E-state index contributed by atoms with van der Waals surface area (Å²) in [6.07, 6.45) is 0. The second kappa shape index (κ2) is 7.25. The van der Waals surface area contributed by atoms with Gasteiger partial charge in [-0.2, -0.15) is 0 Å². The lowest BCUT2D eigenvalue weighted by molar-refractivity contribution is 0.0606. The van der Waals surface area contributed by atoms with Gasteiger partial charge >= 0.3 is 5.97 Å². The molecule has 0 aliphatic rings. The third-order valence-electron chi connectivity index (χ3n) is 3.90. The lowest BCUT2D eigenvalue weighted by Gasteiger charge is -2.29. The van der Waals surface area contributed by atoms with Crippen molar-refractivity contribution in [2.45, 2.75) is 33.7 Å². The standard InChI is InChI=1S/C17H21ClN2O2S2/c1-9(17(2,3)4)19-16(23)20-10-6-7-11-12(8-10)24-14(13(11)18)15(21)22-5/h6-9H,1-5H3,(H2,19,20,23). The predicted molar refractivity (Wildman–Crippen MR) is 106 cm³/mol. The third-order valence-corrected chi connectivity index (χ3v) is 5.76. The average molecular weight is 385 g/mol. The minimum absolute atomic E-state index is 0.104. The largest absolute Gasteiger partial charge is 0.465 e. The maximum Gasteiger partial charge on any atom is 0.349 e. The molecule has 1 aromatic carbocycles. The number of rotatable bonds is 3. The molecule has 0 spiro atoms. The van der Waals surface area contributed by atoms with E-state index in [4.69, 9.17) is 28.6 Å². The van der Waals surface area contributed by atoms with Crippen molar-refractivity contribution in [3.05, 3.63) is 28.1 Å². The molecule has 24 heavy (non-hydrogen) atoms. The van der Waals surface area contributed by atoms with Gasteiger partial charge in [-0.3, -0.25) is 0 Å². The van der Waals surface area contributed by atoms with E-state index in [1.165, 1.54) is 18.4 Å². The quantitative estimate of drug-likeness (QED) is 0.572. The summed E-state index contributed by atoms with van der Waals surface area (Å²) in [5, 5.41) is 8.28. The molecule has 0 radical (unpaired) electrons. The minimum atomic E-state index is -0.424. The summed E-state index contributed by atoms with van der Waals surface area (Å²) < 4.78 is 5.66. The van der Waals surface area contributed by atoms with Crippen molar-refractivity contribution in [2.75, 3.05) is 12.4 Å². The van der Waals surface area contributed by atoms with E-state index in [0.29, 0.717) is 15.0 Å². The second-order valence-electron chi connectivity index (χ2n) is 6.63. The van der Waals surface area contributed by atoms with E-state index in [-0.39, 0.29) is 11.5 Å². The molecule has 0 bridgehead atoms. The first-order valence-corrected chi connectivity index (χ1v) is 9.11. The van der Waals surface area contributed by atoms with Crippen LogP contribution in [-0.2, 0) is 4.74 Å². The van der Waals surface area contributed by atoms with Gasteiger partial charge in [0, 0.05) is 21.8 Å². The zero-order valence-corrected chi connectivity index (χ0v) is 16.7. The lowest BCUT2D eigenvalue weighted by Crippen LogP contribution is -2.43. The molecule has 1 heterocycles. The third kappa shape index (κ3) is 4.18. The van der Waals surface area contributed by atoms with E-state index >= 15 is 0 Å². The highest BCUT2D eigenvalue weighted by atomic mass is 35.5. The highest BCUT2D eigenvalue weighted by Crippen LogP contribution is 2.37. The molecule has 0 saturated carbocycles. The van der Waals surface area contributed by atoms with E-state index in [1.54, 1.807) is 0 Å². The van der Waals surface area contributed by atoms with Crippen LogP contribution in [0.4, 0.5) is 5.69 Å². The highest BCUT2D eigenvalue weighted by molar-refractivity contribution is 7.80. The Morgan fingerprint density at radius 3 is 2.62 bits per heavy atom. The number of halogens is 1. The molecular formula is C17H21ClN2O2S2. The number of thiocarbonyl (C=S) groups is 1. The van der Waals surface area contributed by atoms with Gasteiger partial charge in [-0.05, 0) is 42.8 Å². The summed E-state index contributed by atoms with van der Waals surface area (Å²) in [6, 6.07) is 5.91. The van der Waals surface area contributed by atoms with E-state index in [9.17, 15) is 4.79 Å². The number of hydrogen-bond donors (Lipinski definition) is 2. The smallest absolute Gasteiger partial charge is 0.349 e. The number of thiophene rings is 1. The first kappa shape index (κ1) is 19.0. The van der Waals surface area contributed by atoms with Crippen LogP contribution in [0.25, 0.3) is 10.1 Å². The summed E-state index contributed by atoms with van der Waals surface area (Å²) in [7, 11) is 1.34. The number of nitrogens with one attached hydrogen (secondary N) is 2. The van der Waals surface area contributed by atoms with Crippen molar-refractivity contribution in [1.29, 1.82) is 0 Å². The molecule has 4 nitrogen and oxygen atoms in total. The molecule has 0 aliphatic heterocycles. The van der Waals surface area contributed by atoms with Gasteiger partial charge in [0.2, 0.25) is 0 Å². The fourth-order valence-corrected chi connectivity index (χ4v) is 3.71. The van der Waals surface area contributed by atoms with E-state index in [0.717, 1.165) is 15.8 Å². The van der Waals surface area contributed by atoms with E-state index < -0.39 is 5.97 Å². The first-order chi connectivity index (χ1) is 11.1. The van der Waals surface area contributed by atoms with Crippen LogP contribution in [0, 0.1) is 5.41 Å². The molecule has 1 aromatic heterocycles. The van der Waals surface area contributed by atoms with Crippen LogP contribution < -0.4 is 10.6 Å². The van der Waals surface area contributed by atoms with Gasteiger partial charge in [-0.15, -0.1) is 11.3 Å². The Morgan fingerprint density at radius 1 is 1.38 bits per heavy atom. The number of esters is 1. The molecule has 2 aromatic rings. The summed E-state index contributed by atoms with van der Waals surface area (Å²) in [5.41, 5.74) is 0.947. The molecule has 0 fully saturated rings.